The van der Waals surface area contributed by atoms with Crippen molar-refractivity contribution in [1.29, 1.82) is 0 Å². The molecular formula is C2H6ClNO2S2. The van der Waals surface area contributed by atoms with Crippen molar-refractivity contribution in [3.8, 4) is 0 Å². The summed E-state index contributed by atoms with van der Waals surface area (Å²) >= 11 is 0.567. The number of hydrogen-bond acceptors (Lipinski definition) is 3. The molecule has 0 heterocycles. The summed E-state index contributed by atoms with van der Waals surface area (Å²) in [6.07, 6.45) is 0. The van der Waals surface area contributed by atoms with Gasteiger partial charge in [0, 0.05) is 11.2 Å². The molecule has 0 rings (SSSR count). The average molecular weight is 176 g/mol. The van der Waals surface area contributed by atoms with Gasteiger partial charge in [-0.25, -0.2) is 8.42 Å². The zero-order valence-electron chi connectivity index (χ0n) is 4.22. The first kappa shape index (κ1) is 8.55. The Hall–Kier alpha value is 0.550. The molecule has 0 saturated carbocycles. The Bertz CT molecular complexity index is 142. The molecule has 0 aromatic rings. The van der Waals surface area contributed by atoms with Gasteiger partial charge in [-0.3, -0.25) is 0 Å². The Kier molecular flexibility index (Phi) is 3.80. The number of nitrogens with one attached hydrogen (secondary N) is 1. The SMILES string of the molecule is CCS(=O)(=O)NSCl. The number of rotatable bonds is 3. The van der Waals surface area contributed by atoms with Crippen LogP contribution in [0, 0.1) is 0 Å². The van der Waals surface area contributed by atoms with Gasteiger partial charge in [0.2, 0.25) is 10.0 Å². The molecule has 0 radical (unpaired) electrons. The van der Waals surface area contributed by atoms with Crippen molar-refractivity contribution in [2.24, 2.45) is 0 Å². The largest absolute Gasteiger partial charge is 0.221 e. The van der Waals surface area contributed by atoms with Gasteiger partial charge in [0.1, 0.15) is 0 Å². The molecular weight excluding hydrogens is 170 g/mol. The lowest BCUT2D eigenvalue weighted by atomic mass is 11.0. The van der Waals surface area contributed by atoms with E-state index in [4.69, 9.17) is 10.7 Å². The van der Waals surface area contributed by atoms with Crippen LogP contribution < -0.4 is 4.13 Å². The summed E-state index contributed by atoms with van der Waals surface area (Å²) in [5.74, 6) is 0.0622. The molecule has 50 valence electrons. The standard InChI is InChI=1S/C2H6ClNO2S2/c1-2-8(5,6)4-7-3/h4H,2H2,1H3. The lowest BCUT2D eigenvalue weighted by Crippen LogP contribution is -2.16. The zero-order valence-corrected chi connectivity index (χ0v) is 6.61. The van der Waals surface area contributed by atoms with Crippen molar-refractivity contribution in [3.05, 3.63) is 0 Å². The van der Waals surface area contributed by atoms with Gasteiger partial charge < -0.3 is 0 Å². The van der Waals surface area contributed by atoms with E-state index in [1.54, 1.807) is 0 Å². The van der Waals surface area contributed by atoms with Gasteiger partial charge in [-0.2, -0.15) is 0 Å². The van der Waals surface area contributed by atoms with Crippen molar-refractivity contribution < 1.29 is 8.42 Å². The highest BCUT2D eigenvalue weighted by atomic mass is 35.7. The molecule has 3 nitrogen and oxygen atoms in total. The molecule has 0 spiro atoms. The van der Waals surface area contributed by atoms with E-state index in [1.807, 2.05) is 4.13 Å². The summed E-state index contributed by atoms with van der Waals surface area (Å²) in [6, 6.07) is 0. The van der Waals surface area contributed by atoms with E-state index < -0.39 is 10.0 Å². The second-order valence-electron chi connectivity index (χ2n) is 1.06. The highest BCUT2D eigenvalue weighted by Gasteiger charge is 2.02. The van der Waals surface area contributed by atoms with Gasteiger partial charge >= 0.3 is 0 Å². The summed E-state index contributed by atoms with van der Waals surface area (Å²) in [5, 5.41) is 0. The maximum atomic E-state index is 10.4. The lowest BCUT2D eigenvalue weighted by molar-refractivity contribution is 0.596. The third-order valence-corrected chi connectivity index (χ3v) is 3.13. The minimum absolute atomic E-state index is 0.0622. The number of halogens is 1. The summed E-state index contributed by atoms with van der Waals surface area (Å²) in [6.45, 7) is 1.54. The van der Waals surface area contributed by atoms with Gasteiger partial charge in [0.05, 0.1) is 5.75 Å². The molecule has 1 N–H and O–H groups in total. The molecule has 0 aliphatic rings. The van der Waals surface area contributed by atoms with Gasteiger partial charge in [-0.1, -0.05) is 0 Å². The van der Waals surface area contributed by atoms with Crippen LogP contribution in [0.15, 0.2) is 0 Å². The van der Waals surface area contributed by atoms with E-state index >= 15 is 0 Å². The molecule has 0 aromatic carbocycles. The predicted octanol–water partition coefficient (Wildman–Crippen LogP) is 0.728. The maximum absolute atomic E-state index is 10.4. The topological polar surface area (TPSA) is 46.2 Å². The molecule has 0 atom stereocenters. The van der Waals surface area contributed by atoms with Crippen LogP contribution in [-0.4, -0.2) is 14.2 Å². The van der Waals surface area contributed by atoms with Crippen molar-refractivity contribution in [1.82, 2.24) is 4.13 Å². The molecule has 0 aromatic heterocycles. The smallest absolute Gasteiger partial charge is 0.212 e. The van der Waals surface area contributed by atoms with Crippen LogP contribution in [0.1, 0.15) is 6.92 Å². The van der Waals surface area contributed by atoms with Crippen LogP contribution >= 0.6 is 21.8 Å². The fraction of sp³-hybridized carbons (Fsp3) is 1.00. The second kappa shape index (κ2) is 3.55. The van der Waals surface area contributed by atoms with Crippen molar-refractivity contribution in [2.75, 3.05) is 5.75 Å². The molecule has 0 unspecified atom stereocenters. The van der Waals surface area contributed by atoms with Crippen LogP contribution in [0.3, 0.4) is 0 Å². The predicted molar refractivity (Wildman–Crippen MR) is 36.0 cm³/mol. The van der Waals surface area contributed by atoms with Crippen LogP contribution in [-0.2, 0) is 10.0 Å². The maximum Gasteiger partial charge on any atom is 0.221 e. The van der Waals surface area contributed by atoms with Crippen molar-refractivity contribution in [3.63, 3.8) is 0 Å². The van der Waals surface area contributed by atoms with Gasteiger partial charge in [0.25, 0.3) is 0 Å². The Morgan fingerprint density at radius 2 is 2.25 bits per heavy atom. The third kappa shape index (κ3) is 3.54. The van der Waals surface area contributed by atoms with E-state index in [0.29, 0.717) is 11.2 Å². The van der Waals surface area contributed by atoms with Gasteiger partial charge in [0.15, 0.2) is 0 Å². The van der Waals surface area contributed by atoms with Crippen LogP contribution in [0.4, 0.5) is 0 Å². The summed E-state index contributed by atoms with van der Waals surface area (Å²) < 4.78 is 22.8. The molecule has 0 saturated heterocycles. The zero-order chi connectivity index (χ0) is 6.62. The summed E-state index contributed by atoms with van der Waals surface area (Å²) in [5.41, 5.74) is 0. The lowest BCUT2D eigenvalue weighted by Gasteiger charge is -1.94. The first-order valence-electron chi connectivity index (χ1n) is 1.89. The number of hydrogen-bond donors (Lipinski definition) is 1. The van der Waals surface area contributed by atoms with E-state index in [1.165, 1.54) is 6.92 Å². The minimum atomic E-state index is -3.09. The van der Waals surface area contributed by atoms with Gasteiger partial charge in [-0.15, -0.1) is 4.13 Å². The van der Waals surface area contributed by atoms with E-state index in [-0.39, 0.29) is 5.75 Å². The third-order valence-electron chi connectivity index (χ3n) is 0.539. The van der Waals surface area contributed by atoms with Crippen LogP contribution in [0.25, 0.3) is 0 Å². The van der Waals surface area contributed by atoms with E-state index in [2.05, 4.69) is 0 Å². The van der Waals surface area contributed by atoms with Crippen molar-refractivity contribution in [2.45, 2.75) is 6.92 Å². The molecule has 0 aliphatic heterocycles. The first-order chi connectivity index (χ1) is 3.62. The molecule has 8 heavy (non-hydrogen) atoms. The Balaban J connectivity index is 3.76. The Labute approximate surface area is 57.5 Å². The number of sulfonamides is 1. The summed E-state index contributed by atoms with van der Waals surface area (Å²) in [7, 11) is 1.90. The quantitative estimate of drug-likeness (QED) is 0.644. The molecule has 0 fully saturated rings. The van der Waals surface area contributed by atoms with E-state index in [0.717, 1.165) is 0 Å². The second-order valence-corrected chi connectivity index (χ2v) is 4.15. The van der Waals surface area contributed by atoms with Crippen molar-refractivity contribution >= 4 is 31.9 Å². The fourth-order valence-corrected chi connectivity index (χ4v) is 1.83. The normalized spacial score (nSPS) is 11.8. The monoisotopic (exact) mass is 175 g/mol. The minimum Gasteiger partial charge on any atom is -0.212 e. The summed E-state index contributed by atoms with van der Waals surface area (Å²) in [4.78, 5) is 0. The first-order valence-corrected chi connectivity index (χ1v) is 5.19. The highest BCUT2D eigenvalue weighted by molar-refractivity contribution is 8.24. The fourth-order valence-electron chi connectivity index (χ4n) is 0.107. The van der Waals surface area contributed by atoms with Crippen LogP contribution in [0.2, 0.25) is 0 Å². The van der Waals surface area contributed by atoms with Crippen LogP contribution in [0.5, 0.6) is 0 Å². The Morgan fingerprint density at radius 1 is 1.75 bits per heavy atom. The van der Waals surface area contributed by atoms with E-state index in [9.17, 15) is 8.42 Å². The molecule has 6 heteroatoms. The molecule has 0 amide bonds. The Morgan fingerprint density at radius 3 is 2.38 bits per heavy atom. The van der Waals surface area contributed by atoms with Gasteiger partial charge in [-0.05, 0) is 17.6 Å². The molecule has 0 aliphatic carbocycles. The molecule has 0 bridgehead atoms. The average Bonchev–Trinajstić information content (AvgIpc) is 1.67. The highest BCUT2D eigenvalue weighted by Crippen LogP contribution is 2.01.